The molecule has 8 fully saturated rings. The van der Waals surface area contributed by atoms with Crippen LogP contribution in [0.3, 0.4) is 0 Å². The van der Waals surface area contributed by atoms with E-state index in [9.17, 15) is 48.2 Å². The molecule has 8 aliphatic rings. The monoisotopic (exact) mass is 2030 g/mol. The molecule has 26 heteroatoms. The molecule has 6 N–H and O–H groups in total. The van der Waals surface area contributed by atoms with Gasteiger partial charge in [0.05, 0.1) is 130 Å². The first-order valence-electron chi connectivity index (χ1n) is 55.2. The Morgan fingerprint density at radius 3 is 0.644 bits per heavy atom. The molecule has 16 rings (SSSR count). The number of nitrogens with zero attached hydrogens (tertiary/aromatic N) is 16. The fourth-order valence-corrected chi connectivity index (χ4v) is 20.4. The van der Waals surface area contributed by atoms with Gasteiger partial charge in [-0.25, -0.2) is 17.6 Å². The van der Waals surface area contributed by atoms with Crippen LogP contribution in [0.25, 0.3) is 0 Å². The number of aromatic nitrogens is 8. The summed E-state index contributed by atoms with van der Waals surface area (Å²) < 4.78 is 55.8. The van der Waals surface area contributed by atoms with Crippen LogP contribution in [0.2, 0.25) is 0 Å². The van der Waals surface area contributed by atoms with E-state index in [2.05, 4.69) is 294 Å². The quantitative estimate of drug-likeness (QED) is 0.0412. The molecule has 8 aromatic heterocycles. The maximum atomic E-state index is 14.0. The number of anilines is 7. The normalized spacial score (nSPS) is 26.2. The van der Waals surface area contributed by atoms with Crippen molar-refractivity contribution >= 4 is 39.8 Å². The summed E-state index contributed by atoms with van der Waals surface area (Å²) >= 11 is 0. The van der Waals surface area contributed by atoms with Crippen molar-refractivity contribution in [2.75, 3.05) is 106 Å². The summed E-state index contributed by atoms with van der Waals surface area (Å²) in [6.45, 7) is 67.1. The Kier molecular flexibility index (Phi) is 44.5. The number of piperidine rings is 8. The van der Waals surface area contributed by atoms with Crippen LogP contribution < -0.4 is 34.3 Å². The molecule has 8 saturated heterocycles. The number of hydrogen-bond donors (Lipinski definition) is 6. The number of likely N-dealkylation sites (tertiary alicyclic amines) is 1. The predicted octanol–water partition coefficient (Wildman–Crippen LogP) is 25.6. The van der Waals surface area contributed by atoms with E-state index in [1.807, 2.05) is 110 Å². The summed E-state index contributed by atoms with van der Waals surface area (Å²) in [5.74, 6) is -2.64. The number of halogens is 4. The van der Waals surface area contributed by atoms with E-state index in [1.54, 1.807) is 22.2 Å². The standard InChI is InChI=1S/2C15H22F2N2.6C15H24N2O/c2*1-4-12-7-8-19(10-15(12,16)17)13-5-6-14(11(2)3)18-9-13;5*1-11(2)14-6-5-13(9-16-14)17-10-15(4,18)8-7-12(17)3;1-11(2)15-5-4-13(10-16-15)12(3)17-8-6-14(18)7-9-17/h2*5-6,9,11-12H,4,7-8,10H2,1-3H3;5*5-6,9,11-12,18H,7-8,10H2,1-4H3;4-5,10-12,14,18H,6-9H2,1-3H3/t2*12-;2*12-,15+;2*12-,15-;;/m101010../s1. The second-order valence-electron chi connectivity index (χ2n) is 47.5. The first-order chi connectivity index (χ1) is 68.4. The van der Waals surface area contributed by atoms with Crippen molar-refractivity contribution in [3.05, 3.63) is 198 Å². The van der Waals surface area contributed by atoms with Gasteiger partial charge in [0.25, 0.3) is 11.8 Å². The molecule has 0 bridgehead atoms. The van der Waals surface area contributed by atoms with Gasteiger partial charge in [0.2, 0.25) is 0 Å². The second-order valence-corrected chi connectivity index (χ2v) is 47.5. The molecule has 8 aromatic rings. The zero-order chi connectivity index (χ0) is 108. The SMILES string of the molecule is CC(C)c1ccc(C(C)N2CCC(O)CC2)cn1.CC(C)c1ccc(N2CC(C)(O)CCC2C)cn1.CC(C)c1ccc(N2C[C@@](C)(O)CC[C@@H]2C)cn1.CC(C)c1ccc(N2C[C@@](C)(O)CC[C@H]2C)cn1.CC(C)c1ccc(N2C[C@](C)(O)CC[C@@H]2C)cn1.CC(C)c1ccc(N2C[C@](C)(O)CC[C@H]2C)cn1.CC[C@@H]1CCN(c2ccc(C(C)C)nc2)CC1(F)F.CC[C@H]1CCN(c2ccc(C(C)C)nc2)CC1(F)F. The van der Waals surface area contributed by atoms with Crippen LogP contribution in [0.15, 0.2) is 147 Å². The summed E-state index contributed by atoms with van der Waals surface area (Å²) in [4.78, 5) is 53.1. The summed E-state index contributed by atoms with van der Waals surface area (Å²) in [6, 6.07) is 35.8. The first-order valence-corrected chi connectivity index (χ1v) is 55.2. The smallest absolute Gasteiger partial charge is 0.268 e. The molecule has 0 radical (unpaired) electrons. The topological polar surface area (TPSA) is 250 Å². The Balaban J connectivity index is 0.000000186. The average Bonchev–Trinajstić information content (AvgIpc) is 0.806. The van der Waals surface area contributed by atoms with E-state index >= 15 is 0 Å². The minimum Gasteiger partial charge on any atom is -0.393 e. The zero-order valence-electron chi connectivity index (χ0n) is 94.6. The van der Waals surface area contributed by atoms with Crippen molar-refractivity contribution in [3.8, 4) is 0 Å². The lowest BCUT2D eigenvalue weighted by Gasteiger charge is -2.42. The Hall–Kier alpha value is -8.76. The van der Waals surface area contributed by atoms with Gasteiger partial charge in [0, 0.05) is 159 Å². The number of hydrogen-bond acceptors (Lipinski definition) is 22. The molecular weight excluding hydrogens is 1840 g/mol. The van der Waals surface area contributed by atoms with Crippen LogP contribution in [-0.2, 0) is 0 Å². The molecule has 0 amide bonds. The van der Waals surface area contributed by atoms with Gasteiger partial charge in [0.15, 0.2) is 0 Å². The summed E-state index contributed by atoms with van der Waals surface area (Å²) in [5, 5.41) is 60.6. The highest BCUT2D eigenvalue weighted by atomic mass is 19.3. The lowest BCUT2D eigenvalue weighted by molar-refractivity contribution is -0.0661. The van der Waals surface area contributed by atoms with Crippen molar-refractivity contribution in [3.63, 3.8) is 0 Å². The fourth-order valence-electron chi connectivity index (χ4n) is 20.4. The molecule has 13 atom stereocenters. The van der Waals surface area contributed by atoms with Crippen molar-refractivity contribution < 1.29 is 48.2 Å². The van der Waals surface area contributed by atoms with Crippen molar-refractivity contribution in [1.29, 1.82) is 0 Å². The minimum absolute atomic E-state index is 0.102. The third kappa shape index (κ3) is 36.0. The molecule has 812 valence electrons. The second kappa shape index (κ2) is 53.8. The van der Waals surface area contributed by atoms with Crippen LogP contribution in [0.5, 0.6) is 0 Å². The van der Waals surface area contributed by atoms with Gasteiger partial charge in [-0.1, -0.05) is 131 Å². The summed E-state index contributed by atoms with van der Waals surface area (Å²) in [6.07, 6.45) is 28.5. The molecule has 146 heavy (non-hydrogen) atoms. The van der Waals surface area contributed by atoms with Crippen LogP contribution in [0.1, 0.15) is 408 Å². The highest BCUT2D eigenvalue weighted by Gasteiger charge is 2.46. The molecule has 0 aliphatic carbocycles. The zero-order valence-corrected chi connectivity index (χ0v) is 94.6. The highest BCUT2D eigenvalue weighted by Crippen LogP contribution is 2.42. The fraction of sp³-hybridized carbons (Fsp3) is 0.667. The van der Waals surface area contributed by atoms with Crippen LogP contribution in [-0.4, -0.2) is 224 Å². The number of β-amino-alcohol motifs (C(OH)–C–C–N with tert-alkyl or cyclic N) is 5. The van der Waals surface area contributed by atoms with Crippen molar-refractivity contribution in [2.45, 2.75) is 433 Å². The lowest BCUT2D eigenvalue weighted by atomic mass is 9.90. The Morgan fingerprint density at radius 1 is 0.274 bits per heavy atom. The van der Waals surface area contributed by atoms with Gasteiger partial charge in [-0.2, -0.15) is 0 Å². The van der Waals surface area contributed by atoms with E-state index < -0.39 is 51.7 Å². The van der Waals surface area contributed by atoms with Gasteiger partial charge < -0.3 is 64.9 Å². The van der Waals surface area contributed by atoms with E-state index in [4.69, 9.17) is 0 Å². The summed E-state index contributed by atoms with van der Waals surface area (Å²) in [7, 11) is 0. The van der Waals surface area contributed by atoms with Gasteiger partial charge in [-0.05, 0) is 323 Å². The van der Waals surface area contributed by atoms with Crippen molar-refractivity contribution in [1.82, 2.24) is 44.8 Å². The van der Waals surface area contributed by atoms with Crippen LogP contribution in [0.4, 0.5) is 57.4 Å². The van der Waals surface area contributed by atoms with E-state index in [0.29, 0.717) is 155 Å². The number of aliphatic hydroxyl groups is 6. The van der Waals surface area contributed by atoms with Gasteiger partial charge in [-0.3, -0.25) is 44.8 Å². The van der Waals surface area contributed by atoms with E-state index in [1.165, 1.54) is 5.56 Å². The third-order valence-corrected chi connectivity index (χ3v) is 31.1. The van der Waals surface area contributed by atoms with E-state index in [-0.39, 0.29) is 19.2 Å². The first kappa shape index (κ1) is 121. The highest BCUT2D eigenvalue weighted by molar-refractivity contribution is 5.53. The molecule has 8 aliphatic heterocycles. The molecule has 16 heterocycles. The van der Waals surface area contributed by atoms with Gasteiger partial charge >= 0.3 is 0 Å². The van der Waals surface area contributed by atoms with Crippen LogP contribution in [0, 0.1) is 11.8 Å². The molecule has 22 nitrogen and oxygen atoms in total. The average molecular weight is 2030 g/mol. The minimum atomic E-state index is -2.59. The van der Waals surface area contributed by atoms with Crippen LogP contribution >= 0.6 is 0 Å². The largest absolute Gasteiger partial charge is 0.393 e. The van der Waals surface area contributed by atoms with Gasteiger partial charge in [-0.15, -0.1) is 0 Å². The molecule has 0 aromatic carbocycles. The Bertz CT molecular complexity index is 4560. The molecule has 0 saturated carbocycles. The number of pyridine rings is 8. The molecular formula is C120H188F4N16O6. The maximum absolute atomic E-state index is 14.0. The molecule has 3 unspecified atom stereocenters. The Morgan fingerprint density at radius 2 is 0.473 bits per heavy atom. The summed E-state index contributed by atoms with van der Waals surface area (Å²) in [5.41, 5.74) is 14.3. The predicted molar refractivity (Wildman–Crippen MR) is 596 cm³/mol. The Labute approximate surface area is 876 Å². The number of aliphatic hydroxyl groups excluding tert-OH is 1. The lowest BCUT2D eigenvalue weighted by Crippen LogP contribution is -2.50. The number of alkyl halides is 4. The number of rotatable bonds is 19. The third-order valence-electron chi connectivity index (χ3n) is 31.1. The van der Waals surface area contributed by atoms with Gasteiger partial charge in [0.1, 0.15) is 0 Å². The maximum Gasteiger partial charge on any atom is 0.268 e. The molecule has 0 spiro atoms. The van der Waals surface area contributed by atoms with E-state index in [0.717, 1.165) is 176 Å². The van der Waals surface area contributed by atoms with Crippen molar-refractivity contribution in [2.24, 2.45) is 11.8 Å².